The van der Waals surface area contributed by atoms with Crippen LogP contribution in [0, 0.1) is 6.92 Å². The third kappa shape index (κ3) is 4.71. The first-order valence-electron chi connectivity index (χ1n) is 10.8. The number of H-pyrrole nitrogens is 1. The highest BCUT2D eigenvalue weighted by Crippen LogP contribution is 2.34. The summed E-state index contributed by atoms with van der Waals surface area (Å²) in [7, 11) is 3.20. The van der Waals surface area contributed by atoms with Crippen LogP contribution in [0.3, 0.4) is 0 Å². The van der Waals surface area contributed by atoms with Crippen molar-refractivity contribution in [3.8, 4) is 22.6 Å². The SMILES string of the molecule is COc1ccc(-c2cc(C(=O)NC(CO)Cc3c[nH]c4ccccc34)ccc2C)cc1OC. The predicted octanol–water partition coefficient (Wildman–Crippen LogP) is 4.49. The summed E-state index contributed by atoms with van der Waals surface area (Å²) in [6.45, 7) is 1.85. The first-order valence-corrected chi connectivity index (χ1v) is 10.8. The molecular formula is C27H28N2O4. The van der Waals surface area contributed by atoms with Crippen molar-refractivity contribution in [3.05, 3.63) is 83.6 Å². The van der Waals surface area contributed by atoms with Gasteiger partial charge in [-0.05, 0) is 65.9 Å². The van der Waals surface area contributed by atoms with Gasteiger partial charge in [-0.2, -0.15) is 0 Å². The standard InChI is InChI=1S/C27H28N2O4/c1-17-8-9-19(13-23(17)18-10-11-25(32-2)26(14-18)33-3)27(31)29-21(16-30)12-20-15-28-24-7-5-4-6-22(20)24/h4-11,13-15,21,28,30H,12,16H2,1-3H3,(H,29,31). The molecule has 1 unspecified atom stereocenters. The topological polar surface area (TPSA) is 83.6 Å². The highest BCUT2D eigenvalue weighted by atomic mass is 16.5. The summed E-state index contributed by atoms with van der Waals surface area (Å²) in [5.41, 5.74) is 5.52. The van der Waals surface area contributed by atoms with Gasteiger partial charge in [-0.25, -0.2) is 0 Å². The van der Waals surface area contributed by atoms with Gasteiger partial charge in [0.05, 0.1) is 26.9 Å². The molecule has 4 rings (SSSR count). The van der Waals surface area contributed by atoms with Gasteiger partial charge in [-0.1, -0.05) is 30.3 Å². The zero-order valence-corrected chi connectivity index (χ0v) is 19.0. The summed E-state index contributed by atoms with van der Waals surface area (Å²) in [6.07, 6.45) is 2.46. The van der Waals surface area contributed by atoms with Crippen LogP contribution in [0.1, 0.15) is 21.5 Å². The molecule has 3 aromatic carbocycles. The number of methoxy groups -OCH3 is 2. The van der Waals surface area contributed by atoms with E-state index in [2.05, 4.69) is 10.3 Å². The Labute approximate surface area is 193 Å². The number of carbonyl (C=O) groups excluding carboxylic acids is 1. The third-order valence-electron chi connectivity index (χ3n) is 5.89. The van der Waals surface area contributed by atoms with E-state index in [9.17, 15) is 9.90 Å². The van der Waals surface area contributed by atoms with E-state index in [1.54, 1.807) is 20.3 Å². The molecule has 0 saturated heterocycles. The quantitative estimate of drug-likeness (QED) is 0.374. The second-order valence-corrected chi connectivity index (χ2v) is 8.02. The molecule has 1 aromatic heterocycles. The molecule has 0 aliphatic rings. The number of hydrogen-bond donors (Lipinski definition) is 3. The van der Waals surface area contributed by atoms with Crippen LogP contribution in [-0.4, -0.2) is 42.9 Å². The maximum absolute atomic E-state index is 13.0. The van der Waals surface area contributed by atoms with Gasteiger partial charge in [0.1, 0.15) is 0 Å². The maximum Gasteiger partial charge on any atom is 0.251 e. The lowest BCUT2D eigenvalue weighted by Gasteiger charge is -2.17. The van der Waals surface area contributed by atoms with E-state index in [0.29, 0.717) is 23.5 Å². The number of aryl methyl sites for hydroxylation is 1. The lowest BCUT2D eigenvalue weighted by molar-refractivity contribution is 0.0916. The predicted molar refractivity (Wildman–Crippen MR) is 130 cm³/mol. The van der Waals surface area contributed by atoms with Crippen molar-refractivity contribution in [2.75, 3.05) is 20.8 Å². The van der Waals surface area contributed by atoms with E-state index in [1.807, 2.05) is 67.7 Å². The van der Waals surface area contributed by atoms with E-state index >= 15 is 0 Å². The van der Waals surface area contributed by atoms with Crippen LogP contribution in [0.15, 0.2) is 66.9 Å². The van der Waals surface area contributed by atoms with Crippen molar-refractivity contribution < 1.29 is 19.4 Å². The molecule has 0 spiro atoms. The molecule has 1 amide bonds. The van der Waals surface area contributed by atoms with E-state index < -0.39 is 6.04 Å². The molecule has 170 valence electrons. The van der Waals surface area contributed by atoms with Crippen molar-refractivity contribution in [1.29, 1.82) is 0 Å². The van der Waals surface area contributed by atoms with Gasteiger partial charge in [-0.15, -0.1) is 0 Å². The Morgan fingerprint density at radius 1 is 1.03 bits per heavy atom. The third-order valence-corrected chi connectivity index (χ3v) is 5.89. The summed E-state index contributed by atoms with van der Waals surface area (Å²) in [5.74, 6) is 1.05. The Bertz CT molecular complexity index is 1280. The average Bonchev–Trinajstić information content (AvgIpc) is 3.26. The molecule has 4 aromatic rings. The number of aliphatic hydroxyl groups excluding tert-OH is 1. The fourth-order valence-corrected chi connectivity index (χ4v) is 4.07. The Balaban J connectivity index is 1.55. The van der Waals surface area contributed by atoms with Crippen LogP contribution in [-0.2, 0) is 6.42 Å². The van der Waals surface area contributed by atoms with Gasteiger partial charge < -0.3 is 24.9 Å². The van der Waals surface area contributed by atoms with Crippen LogP contribution in [0.4, 0.5) is 0 Å². The highest BCUT2D eigenvalue weighted by molar-refractivity contribution is 5.96. The maximum atomic E-state index is 13.0. The smallest absolute Gasteiger partial charge is 0.251 e. The summed E-state index contributed by atoms with van der Waals surface area (Å²) in [5, 5.41) is 14.0. The number of ether oxygens (including phenoxy) is 2. The van der Waals surface area contributed by atoms with Crippen LogP contribution in [0.2, 0.25) is 0 Å². The van der Waals surface area contributed by atoms with Gasteiger partial charge in [0.15, 0.2) is 11.5 Å². The van der Waals surface area contributed by atoms with E-state index in [1.165, 1.54) is 0 Å². The number of amides is 1. The Kier molecular flexibility index (Phi) is 6.66. The van der Waals surface area contributed by atoms with Crippen molar-refractivity contribution in [3.63, 3.8) is 0 Å². The van der Waals surface area contributed by atoms with Crippen molar-refractivity contribution >= 4 is 16.8 Å². The fraction of sp³-hybridized carbons (Fsp3) is 0.222. The zero-order valence-electron chi connectivity index (χ0n) is 19.0. The van der Waals surface area contributed by atoms with Gasteiger partial charge in [-0.3, -0.25) is 4.79 Å². The number of aromatic nitrogens is 1. The lowest BCUT2D eigenvalue weighted by atomic mass is 9.97. The Morgan fingerprint density at radius 2 is 1.82 bits per heavy atom. The van der Waals surface area contributed by atoms with Crippen molar-refractivity contribution in [2.24, 2.45) is 0 Å². The summed E-state index contributed by atoms with van der Waals surface area (Å²) in [6, 6.07) is 18.9. The van der Waals surface area contributed by atoms with Crippen LogP contribution in [0.25, 0.3) is 22.0 Å². The molecule has 0 aliphatic carbocycles. The van der Waals surface area contributed by atoms with E-state index in [-0.39, 0.29) is 12.5 Å². The van der Waals surface area contributed by atoms with Crippen molar-refractivity contribution in [2.45, 2.75) is 19.4 Å². The second-order valence-electron chi connectivity index (χ2n) is 8.02. The number of para-hydroxylation sites is 1. The largest absolute Gasteiger partial charge is 0.493 e. The molecule has 33 heavy (non-hydrogen) atoms. The minimum atomic E-state index is -0.400. The molecule has 1 atom stereocenters. The number of aliphatic hydroxyl groups is 1. The van der Waals surface area contributed by atoms with Crippen LogP contribution >= 0.6 is 0 Å². The number of nitrogens with one attached hydrogen (secondary N) is 2. The summed E-state index contributed by atoms with van der Waals surface area (Å²) < 4.78 is 10.8. The molecule has 0 aliphatic heterocycles. The van der Waals surface area contributed by atoms with Crippen LogP contribution in [0.5, 0.6) is 11.5 Å². The Morgan fingerprint density at radius 3 is 2.58 bits per heavy atom. The number of hydrogen-bond acceptors (Lipinski definition) is 4. The average molecular weight is 445 g/mol. The Hall–Kier alpha value is -3.77. The number of rotatable bonds is 8. The van der Waals surface area contributed by atoms with Crippen molar-refractivity contribution in [1.82, 2.24) is 10.3 Å². The van der Waals surface area contributed by atoms with Gasteiger partial charge >= 0.3 is 0 Å². The first-order chi connectivity index (χ1) is 16.0. The molecule has 0 saturated carbocycles. The normalized spacial score (nSPS) is 11.9. The van der Waals surface area contributed by atoms with Gasteiger partial charge in [0, 0.05) is 22.7 Å². The molecule has 0 radical (unpaired) electrons. The number of aromatic amines is 1. The molecule has 1 heterocycles. The first kappa shape index (κ1) is 22.4. The minimum absolute atomic E-state index is 0.153. The lowest BCUT2D eigenvalue weighted by Crippen LogP contribution is -2.39. The molecule has 0 fully saturated rings. The molecule has 6 heteroatoms. The fourth-order valence-electron chi connectivity index (χ4n) is 4.07. The van der Waals surface area contributed by atoms with E-state index in [0.717, 1.165) is 33.2 Å². The number of carbonyl (C=O) groups is 1. The monoisotopic (exact) mass is 444 g/mol. The zero-order chi connectivity index (χ0) is 23.4. The minimum Gasteiger partial charge on any atom is -0.493 e. The molecular weight excluding hydrogens is 416 g/mol. The van der Waals surface area contributed by atoms with Gasteiger partial charge in [0.2, 0.25) is 0 Å². The number of fused-ring (bicyclic) bond motifs is 1. The summed E-state index contributed by atoms with van der Waals surface area (Å²) in [4.78, 5) is 16.3. The second kappa shape index (κ2) is 9.79. The highest BCUT2D eigenvalue weighted by Gasteiger charge is 2.17. The van der Waals surface area contributed by atoms with E-state index in [4.69, 9.17) is 9.47 Å². The van der Waals surface area contributed by atoms with Gasteiger partial charge in [0.25, 0.3) is 5.91 Å². The molecule has 0 bridgehead atoms. The molecule has 3 N–H and O–H groups in total. The summed E-state index contributed by atoms with van der Waals surface area (Å²) >= 11 is 0. The van der Waals surface area contributed by atoms with Crippen LogP contribution < -0.4 is 14.8 Å². The number of benzene rings is 3. The molecule has 6 nitrogen and oxygen atoms in total.